The van der Waals surface area contributed by atoms with E-state index in [4.69, 9.17) is 4.99 Å². The molecule has 0 aliphatic carbocycles. The fourth-order valence-corrected chi connectivity index (χ4v) is 2.96. The average Bonchev–Trinajstić information content (AvgIpc) is 2.58. The Kier molecular flexibility index (Phi) is 9.24. The summed E-state index contributed by atoms with van der Waals surface area (Å²) in [6.07, 6.45) is 0. The second-order valence-corrected chi connectivity index (χ2v) is 6.50. The maximum atomic E-state index is 11.5. The molecule has 1 fully saturated rings. The average molecular weight is 458 g/mol. The highest BCUT2D eigenvalue weighted by Gasteiger charge is 2.21. The first-order valence-electron chi connectivity index (χ1n) is 8.86. The number of amides is 1. The van der Waals surface area contributed by atoms with Crippen molar-refractivity contribution in [2.45, 2.75) is 33.6 Å². The number of hydrogen-bond acceptors (Lipinski definition) is 2. The summed E-state index contributed by atoms with van der Waals surface area (Å²) < 4.78 is 0. The van der Waals surface area contributed by atoms with Crippen LogP contribution in [-0.4, -0.2) is 60.9 Å². The molecule has 1 aliphatic rings. The van der Waals surface area contributed by atoms with E-state index in [0.29, 0.717) is 5.92 Å². The van der Waals surface area contributed by atoms with E-state index in [1.165, 1.54) is 11.1 Å². The predicted octanol–water partition coefficient (Wildman–Crippen LogP) is 2.85. The Hall–Kier alpha value is -1.31. The zero-order valence-electron chi connectivity index (χ0n) is 15.8. The Bertz CT molecular complexity index is 583. The maximum absolute atomic E-state index is 11.5. The van der Waals surface area contributed by atoms with E-state index in [9.17, 15) is 4.79 Å². The molecular weight excluding hydrogens is 427 g/mol. The molecule has 0 saturated carbocycles. The number of guanidine groups is 1. The SMILES string of the molecule is CCNC(=NCC(C)c1cccc(C)c1)N1CCN(C(C)=O)CC1.I. The summed E-state index contributed by atoms with van der Waals surface area (Å²) in [6.45, 7) is 12.9. The van der Waals surface area contributed by atoms with Crippen LogP contribution in [0.1, 0.15) is 37.8 Å². The van der Waals surface area contributed by atoms with Crippen molar-refractivity contribution in [1.29, 1.82) is 0 Å². The highest BCUT2D eigenvalue weighted by atomic mass is 127. The molecule has 1 N–H and O–H groups in total. The van der Waals surface area contributed by atoms with Gasteiger partial charge in [-0.05, 0) is 19.4 Å². The molecule has 1 saturated heterocycles. The number of aliphatic imine (C=N–C) groups is 1. The highest BCUT2D eigenvalue weighted by molar-refractivity contribution is 14.0. The van der Waals surface area contributed by atoms with E-state index in [-0.39, 0.29) is 29.9 Å². The largest absolute Gasteiger partial charge is 0.357 e. The number of carbonyl (C=O) groups excluding carboxylic acids is 1. The van der Waals surface area contributed by atoms with Crippen molar-refractivity contribution in [3.63, 3.8) is 0 Å². The number of hydrogen-bond donors (Lipinski definition) is 1. The Labute approximate surface area is 168 Å². The topological polar surface area (TPSA) is 47.9 Å². The number of halogens is 1. The van der Waals surface area contributed by atoms with Crippen LogP contribution in [0.4, 0.5) is 0 Å². The Morgan fingerprint density at radius 3 is 2.44 bits per heavy atom. The summed E-state index contributed by atoms with van der Waals surface area (Å²) in [5.74, 6) is 1.50. The van der Waals surface area contributed by atoms with Crippen molar-refractivity contribution >= 4 is 35.8 Å². The van der Waals surface area contributed by atoms with Crippen LogP contribution < -0.4 is 5.32 Å². The minimum absolute atomic E-state index is 0. The molecule has 1 amide bonds. The molecule has 140 valence electrons. The molecule has 1 aromatic rings. The summed E-state index contributed by atoms with van der Waals surface area (Å²) in [5.41, 5.74) is 2.62. The molecule has 0 radical (unpaired) electrons. The minimum Gasteiger partial charge on any atom is -0.357 e. The number of carbonyl (C=O) groups is 1. The standard InChI is InChI=1S/C19H30N4O.HI/c1-5-20-19(23-11-9-22(10-12-23)17(4)24)21-14-16(3)18-8-6-7-15(2)13-18;/h6-8,13,16H,5,9-12,14H2,1-4H3,(H,20,21);1H. The van der Waals surface area contributed by atoms with Crippen molar-refractivity contribution in [2.24, 2.45) is 4.99 Å². The molecular formula is C19H31IN4O. The van der Waals surface area contributed by atoms with Crippen molar-refractivity contribution in [3.8, 4) is 0 Å². The first kappa shape index (κ1) is 21.7. The number of piperazine rings is 1. The Balaban J connectivity index is 0.00000312. The van der Waals surface area contributed by atoms with Crippen LogP contribution in [0.15, 0.2) is 29.3 Å². The van der Waals surface area contributed by atoms with Crippen LogP contribution in [-0.2, 0) is 4.79 Å². The second-order valence-electron chi connectivity index (χ2n) is 6.50. The molecule has 1 unspecified atom stereocenters. The molecule has 1 heterocycles. The van der Waals surface area contributed by atoms with Crippen LogP contribution in [0.3, 0.4) is 0 Å². The first-order chi connectivity index (χ1) is 11.5. The number of nitrogens with one attached hydrogen (secondary N) is 1. The van der Waals surface area contributed by atoms with Gasteiger partial charge in [-0.2, -0.15) is 0 Å². The number of nitrogens with zero attached hydrogens (tertiary/aromatic N) is 3. The molecule has 6 heteroatoms. The minimum atomic E-state index is 0. The summed E-state index contributed by atoms with van der Waals surface area (Å²) in [7, 11) is 0. The van der Waals surface area contributed by atoms with Crippen molar-refractivity contribution in [2.75, 3.05) is 39.3 Å². The number of rotatable bonds is 4. The van der Waals surface area contributed by atoms with Gasteiger partial charge in [0, 0.05) is 52.1 Å². The second kappa shape index (κ2) is 10.6. The van der Waals surface area contributed by atoms with Crippen LogP contribution in [0, 0.1) is 6.92 Å². The van der Waals surface area contributed by atoms with Gasteiger partial charge in [0.1, 0.15) is 0 Å². The van der Waals surface area contributed by atoms with Crippen LogP contribution in [0.25, 0.3) is 0 Å². The van der Waals surface area contributed by atoms with Crippen molar-refractivity contribution in [3.05, 3.63) is 35.4 Å². The first-order valence-corrected chi connectivity index (χ1v) is 8.86. The fourth-order valence-electron chi connectivity index (χ4n) is 2.96. The van der Waals surface area contributed by atoms with Gasteiger partial charge in [0.25, 0.3) is 0 Å². The third kappa shape index (κ3) is 6.49. The van der Waals surface area contributed by atoms with E-state index < -0.39 is 0 Å². The van der Waals surface area contributed by atoms with Gasteiger partial charge in [0.15, 0.2) is 5.96 Å². The third-order valence-corrected chi connectivity index (χ3v) is 4.49. The van der Waals surface area contributed by atoms with Gasteiger partial charge in [-0.1, -0.05) is 36.8 Å². The number of benzene rings is 1. The molecule has 25 heavy (non-hydrogen) atoms. The van der Waals surface area contributed by atoms with Crippen LogP contribution in [0.5, 0.6) is 0 Å². The highest BCUT2D eigenvalue weighted by Crippen LogP contribution is 2.17. The molecule has 1 aromatic carbocycles. The van der Waals surface area contributed by atoms with E-state index in [2.05, 4.69) is 55.3 Å². The van der Waals surface area contributed by atoms with Crippen LogP contribution >= 0.6 is 24.0 Å². The van der Waals surface area contributed by atoms with Gasteiger partial charge in [0.05, 0.1) is 0 Å². The van der Waals surface area contributed by atoms with Crippen molar-refractivity contribution < 1.29 is 4.79 Å². The predicted molar refractivity (Wildman–Crippen MR) is 115 cm³/mol. The van der Waals surface area contributed by atoms with Crippen molar-refractivity contribution in [1.82, 2.24) is 15.1 Å². The van der Waals surface area contributed by atoms with E-state index >= 15 is 0 Å². The fraction of sp³-hybridized carbons (Fsp3) is 0.579. The molecule has 1 atom stereocenters. The lowest BCUT2D eigenvalue weighted by molar-refractivity contribution is -0.130. The lowest BCUT2D eigenvalue weighted by Gasteiger charge is -2.36. The number of aryl methyl sites for hydroxylation is 1. The van der Waals surface area contributed by atoms with Gasteiger partial charge in [-0.3, -0.25) is 9.79 Å². The van der Waals surface area contributed by atoms with Gasteiger partial charge >= 0.3 is 0 Å². The van der Waals surface area contributed by atoms with Gasteiger partial charge < -0.3 is 15.1 Å². The molecule has 1 aliphatic heterocycles. The smallest absolute Gasteiger partial charge is 0.219 e. The Morgan fingerprint density at radius 2 is 1.88 bits per heavy atom. The Morgan fingerprint density at radius 1 is 1.24 bits per heavy atom. The summed E-state index contributed by atoms with van der Waals surface area (Å²) in [4.78, 5) is 20.5. The third-order valence-electron chi connectivity index (χ3n) is 4.49. The quantitative estimate of drug-likeness (QED) is 0.429. The molecule has 0 aromatic heterocycles. The summed E-state index contributed by atoms with van der Waals surface area (Å²) >= 11 is 0. The van der Waals surface area contributed by atoms with E-state index in [1.54, 1.807) is 6.92 Å². The van der Waals surface area contributed by atoms with Gasteiger partial charge in [-0.25, -0.2) is 0 Å². The van der Waals surface area contributed by atoms with E-state index in [1.807, 2.05) is 4.90 Å². The summed E-state index contributed by atoms with van der Waals surface area (Å²) in [6, 6.07) is 8.64. The lowest BCUT2D eigenvalue weighted by atomic mass is 10.00. The maximum Gasteiger partial charge on any atom is 0.219 e. The molecule has 0 spiro atoms. The zero-order valence-corrected chi connectivity index (χ0v) is 18.1. The normalized spacial score (nSPS) is 16.2. The molecule has 0 bridgehead atoms. The van der Waals surface area contributed by atoms with Gasteiger partial charge in [-0.15, -0.1) is 24.0 Å². The van der Waals surface area contributed by atoms with Gasteiger partial charge in [0.2, 0.25) is 5.91 Å². The van der Waals surface area contributed by atoms with Crippen LogP contribution in [0.2, 0.25) is 0 Å². The zero-order chi connectivity index (χ0) is 17.5. The lowest BCUT2D eigenvalue weighted by Crippen LogP contribution is -2.53. The monoisotopic (exact) mass is 458 g/mol. The molecule has 2 rings (SSSR count). The molecule has 5 nitrogen and oxygen atoms in total. The van der Waals surface area contributed by atoms with E-state index in [0.717, 1.165) is 45.2 Å². The summed E-state index contributed by atoms with van der Waals surface area (Å²) in [5, 5.41) is 3.39.